The summed E-state index contributed by atoms with van der Waals surface area (Å²) >= 11 is 0. The maximum Gasteiger partial charge on any atom is 0.159 e. The topological polar surface area (TPSA) is 35.5 Å². The fourth-order valence-corrected chi connectivity index (χ4v) is 4.16. The third kappa shape index (κ3) is 3.28. The first-order chi connectivity index (χ1) is 12.0. The van der Waals surface area contributed by atoms with Gasteiger partial charge in [0.2, 0.25) is 0 Å². The lowest BCUT2D eigenvalue weighted by Gasteiger charge is -2.41. The van der Waals surface area contributed by atoms with Gasteiger partial charge in [-0.25, -0.2) is 4.39 Å². The Labute approximate surface area is 148 Å². The standard InChI is InChI=1S/C21H25FO3/c1-4-5-16-13-21(17(8-9-25-21)11-20(16)23)14(2)10-15-6-7-18(24-3)12-19(15)22/h4,6-7,11-12,14,16H,1,5,8-10,13H2,2-3H3/t14?,16-,21+/m0/s1. The molecule has 1 aromatic carbocycles. The van der Waals surface area contributed by atoms with Crippen molar-refractivity contribution in [1.82, 2.24) is 0 Å². The molecule has 3 atom stereocenters. The molecular formula is C21H25FO3. The van der Waals surface area contributed by atoms with E-state index in [1.165, 1.54) is 13.2 Å². The SMILES string of the molecule is C=CC[C@H]1C[C@]2(C(C)Cc3ccc(OC)cc3F)OCCC2=CC1=O. The molecule has 0 spiro atoms. The van der Waals surface area contributed by atoms with Crippen LogP contribution in [-0.2, 0) is 16.0 Å². The molecule has 1 aromatic rings. The minimum atomic E-state index is -0.464. The molecule has 4 heteroatoms. The second kappa shape index (κ2) is 7.12. The van der Waals surface area contributed by atoms with E-state index < -0.39 is 5.60 Å². The third-order valence-electron chi connectivity index (χ3n) is 5.58. The summed E-state index contributed by atoms with van der Waals surface area (Å²) in [5.74, 6) is 0.394. The van der Waals surface area contributed by atoms with Crippen LogP contribution in [0.5, 0.6) is 5.75 Å². The predicted octanol–water partition coefficient (Wildman–Crippen LogP) is 4.26. The second-order valence-electron chi connectivity index (χ2n) is 7.05. The molecule has 1 aliphatic heterocycles. The molecule has 0 aromatic heterocycles. The summed E-state index contributed by atoms with van der Waals surface area (Å²) in [6, 6.07) is 4.96. The van der Waals surface area contributed by atoms with Gasteiger partial charge in [-0.15, -0.1) is 6.58 Å². The van der Waals surface area contributed by atoms with Crippen LogP contribution >= 0.6 is 0 Å². The van der Waals surface area contributed by atoms with Crippen molar-refractivity contribution in [3.05, 3.63) is 53.9 Å². The van der Waals surface area contributed by atoms with Crippen LogP contribution in [0.1, 0.15) is 31.7 Å². The van der Waals surface area contributed by atoms with Gasteiger partial charge in [0.05, 0.1) is 19.3 Å². The van der Waals surface area contributed by atoms with E-state index in [0.29, 0.717) is 37.2 Å². The number of methoxy groups -OCH3 is 1. The van der Waals surface area contributed by atoms with E-state index in [4.69, 9.17) is 9.47 Å². The number of carbonyl (C=O) groups is 1. The van der Waals surface area contributed by atoms with Crippen LogP contribution in [0.25, 0.3) is 0 Å². The molecule has 0 N–H and O–H groups in total. The highest BCUT2D eigenvalue weighted by Gasteiger charge is 2.49. The summed E-state index contributed by atoms with van der Waals surface area (Å²) in [5.41, 5.74) is 1.25. The number of allylic oxidation sites excluding steroid dienone is 2. The van der Waals surface area contributed by atoms with Gasteiger partial charge in [-0.3, -0.25) is 4.79 Å². The van der Waals surface area contributed by atoms with Crippen molar-refractivity contribution >= 4 is 5.78 Å². The lowest BCUT2D eigenvalue weighted by molar-refractivity contribution is -0.123. The Balaban J connectivity index is 1.86. The van der Waals surface area contributed by atoms with Crippen molar-refractivity contribution in [3.63, 3.8) is 0 Å². The molecule has 3 nitrogen and oxygen atoms in total. The summed E-state index contributed by atoms with van der Waals surface area (Å²) in [7, 11) is 1.53. The van der Waals surface area contributed by atoms with E-state index in [2.05, 4.69) is 13.5 Å². The fourth-order valence-electron chi connectivity index (χ4n) is 4.16. The van der Waals surface area contributed by atoms with E-state index in [1.807, 2.05) is 0 Å². The Kier molecular flexibility index (Phi) is 5.09. The van der Waals surface area contributed by atoms with E-state index in [9.17, 15) is 9.18 Å². The molecule has 3 rings (SSSR count). The summed E-state index contributed by atoms with van der Waals surface area (Å²) < 4.78 is 25.6. The van der Waals surface area contributed by atoms with Gasteiger partial charge in [0.15, 0.2) is 5.78 Å². The molecule has 25 heavy (non-hydrogen) atoms. The number of rotatable bonds is 6. The van der Waals surface area contributed by atoms with Crippen molar-refractivity contribution in [3.8, 4) is 5.75 Å². The third-order valence-corrected chi connectivity index (χ3v) is 5.58. The van der Waals surface area contributed by atoms with Crippen molar-refractivity contribution in [2.75, 3.05) is 13.7 Å². The highest BCUT2D eigenvalue weighted by molar-refractivity contribution is 5.94. The maximum atomic E-state index is 14.4. The molecule has 1 aliphatic carbocycles. The highest BCUT2D eigenvalue weighted by Crippen LogP contribution is 2.47. The number of hydrogen-bond donors (Lipinski definition) is 0. The van der Waals surface area contributed by atoms with Gasteiger partial charge in [-0.1, -0.05) is 19.1 Å². The van der Waals surface area contributed by atoms with Crippen LogP contribution in [0, 0.1) is 17.7 Å². The highest BCUT2D eigenvalue weighted by atomic mass is 19.1. The normalized spacial score (nSPS) is 26.8. The molecule has 0 bridgehead atoms. The number of fused-ring (bicyclic) bond motifs is 1. The van der Waals surface area contributed by atoms with Crippen LogP contribution in [0.15, 0.2) is 42.5 Å². The number of ether oxygens (including phenoxy) is 2. The van der Waals surface area contributed by atoms with Gasteiger partial charge >= 0.3 is 0 Å². The first-order valence-electron chi connectivity index (χ1n) is 8.82. The molecular weight excluding hydrogens is 319 g/mol. The zero-order valence-corrected chi connectivity index (χ0v) is 14.9. The number of ketones is 1. The van der Waals surface area contributed by atoms with Gasteiger partial charge in [0.25, 0.3) is 0 Å². The Bertz CT molecular complexity index is 709. The van der Waals surface area contributed by atoms with Crippen LogP contribution < -0.4 is 4.74 Å². The minimum Gasteiger partial charge on any atom is -0.497 e. The lowest BCUT2D eigenvalue weighted by atomic mass is 9.68. The predicted molar refractivity (Wildman–Crippen MR) is 95.1 cm³/mol. The van der Waals surface area contributed by atoms with Crippen LogP contribution in [0.3, 0.4) is 0 Å². The molecule has 0 amide bonds. The zero-order valence-electron chi connectivity index (χ0n) is 14.9. The Morgan fingerprint density at radius 2 is 2.32 bits per heavy atom. The second-order valence-corrected chi connectivity index (χ2v) is 7.05. The molecule has 0 saturated carbocycles. The monoisotopic (exact) mass is 344 g/mol. The van der Waals surface area contributed by atoms with E-state index >= 15 is 0 Å². The van der Waals surface area contributed by atoms with E-state index in [0.717, 1.165) is 12.0 Å². The zero-order chi connectivity index (χ0) is 18.0. The summed E-state index contributed by atoms with van der Waals surface area (Å²) in [4.78, 5) is 12.3. The minimum absolute atomic E-state index is 0.0737. The smallest absolute Gasteiger partial charge is 0.159 e. The Morgan fingerprint density at radius 1 is 1.52 bits per heavy atom. The molecule has 1 heterocycles. The van der Waals surface area contributed by atoms with Crippen LogP contribution in [0.2, 0.25) is 0 Å². The number of halogens is 1. The van der Waals surface area contributed by atoms with Crippen molar-refractivity contribution in [2.45, 2.75) is 38.2 Å². The number of benzene rings is 1. The summed E-state index contributed by atoms with van der Waals surface area (Å²) in [6.07, 6.45) is 6.20. The summed E-state index contributed by atoms with van der Waals surface area (Å²) in [6.45, 7) is 6.47. The Hall–Kier alpha value is -1.94. The first-order valence-corrected chi connectivity index (χ1v) is 8.82. The van der Waals surface area contributed by atoms with Crippen molar-refractivity contribution in [2.24, 2.45) is 11.8 Å². The van der Waals surface area contributed by atoms with Gasteiger partial charge in [0, 0.05) is 12.0 Å². The number of carbonyl (C=O) groups excluding carboxylic acids is 1. The fraction of sp³-hybridized carbons (Fsp3) is 0.476. The average Bonchev–Trinajstić information content (AvgIpc) is 3.01. The van der Waals surface area contributed by atoms with Gasteiger partial charge in [-0.05, 0) is 54.9 Å². The average molecular weight is 344 g/mol. The molecule has 1 saturated heterocycles. The molecule has 0 radical (unpaired) electrons. The maximum absolute atomic E-state index is 14.4. The van der Waals surface area contributed by atoms with Gasteiger partial charge in [-0.2, -0.15) is 0 Å². The van der Waals surface area contributed by atoms with E-state index in [-0.39, 0.29) is 23.4 Å². The van der Waals surface area contributed by atoms with Gasteiger partial charge in [0.1, 0.15) is 11.6 Å². The van der Waals surface area contributed by atoms with Gasteiger partial charge < -0.3 is 9.47 Å². The van der Waals surface area contributed by atoms with Crippen molar-refractivity contribution in [1.29, 1.82) is 0 Å². The molecule has 2 aliphatic rings. The summed E-state index contributed by atoms with van der Waals surface area (Å²) in [5, 5.41) is 0. The first kappa shape index (κ1) is 17.9. The molecule has 1 unspecified atom stereocenters. The molecule has 1 fully saturated rings. The Morgan fingerprint density at radius 3 is 3.00 bits per heavy atom. The van der Waals surface area contributed by atoms with Crippen molar-refractivity contribution < 1.29 is 18.7 Å². The lowest BCUT2D eigenvalue weighted by Crippen LogP contribution is -2.44. The van der Waals surface area contributed by atoms with E-state index in [1.54, 1.807) is 24.3 Å². The molecule has 134 valence electrons. The largest absolute Gasteiger partial charge is 0.497 e. The quantitative estimate of drug-likeness (QED) is 0.723. The van der Waals surface area contributed by atoms with Crippen LogP contribution in [0.4, 0.5) is 4.39 Å². The van der Waals surface area contributed by atoms with Crippen LogP contribution in [-0.4, -0.2) is 25.1 Å². The number of hydrogen-bond acceptors (Lipinski definition) is 3.